The van der Waals surface area contributed by atoms with E-state index in [-0.39, 0.29) is 31.1 Å². The van der Waals surface area contributed by atoms with Crippen LogP contribution >= 0.6 is 0 Å². The number of esters is 3. The number of ether oxygens (including phenoxy) is 3. The van der Waals surface area contributed by atoms with Gasteiger partial charge in [0.2, 0.25) is 0 Å². The van der Waals surface area contributed by atoms with Crippen LogP contribution in [0.4, 0.5) is 0 Å². The van der Waals surface area contributed by atoms with Crippen molar-refractivity contribution in [1.82, 2.24) is 0 Å². The van der Waals surface area contributed by atoms with E-state index in [4.69, 9.17) is 14.2 Å². The fourth-order valence-corrected chi connectivity index (χ4v) is 7.26. The molecule has 0 spiro atoms. The first-order valence-corrected chi connectivity index (χ1v) is 25.6. The van der Waals surface area contributed by atoms with Crippen molar-refractivity contribution in [3.05, 3.63) is 48.6 Å². The minimum Gasteiger partial charge on any atom is -0.462 e. The monoisotopic (exact) mass is 841 g/mol. The van der Waals surface area contributed by atoms with Crippen LogP contribution in [-0.2, 0) is 28.6 Å². The molecular formula is C54H96O6. The van der Waals surface area contributed by atoms with Crippen LogP contribution in [0.3, 0.4) is 0 Å². The van der Waals surface area contributed by atoms with Gasteiger partial charge in [-0.2, -0.15) is 0 Å². The summed E-state index contributed by atoms with van der Waals surface area (Å²) in [6.45, 7) is 6.44. The van der Waals surface area contributed by atoms with Gasteiger partial charge in [-0.05, 0) is 57.8 Å². The van der Waals surface area contributed by atoms with E-state index in [0.29, 0.717) is 19.3 Å². The highest BCUT2D eigenvalue weighted by Crippen LogP contribution is 2.16. The van der Waals surface area contributed by atoms with Gasteiger partial charge in [0.1, 0.15) is 13.2 Å². The molecule has 0 bridgehead atoms. The maximum atomic E-state index is 12.6. The van der Waals surface area contributed by atoms with Crippen LogP contribution in [0.2, 0.25) is 0 Å². The molecule has 0 heterocycles. The Balaban J connectivity index is 3.97. The summed E-state index contributed by atoms with van der Waals surface area (Å²) in [5.41, 5.74) is 0. The van der Waals surface area contributed by atoms with E-state index in [1.165, 1.54) is 128 Å². The van der Waals surface area contributed by atoms with E-state index in [0.717, 1.165) is 89.9 Å². The van der Waals surface area contributed by atoms with Gasteiger partial charge in [0.05, 0.1) is 0 Å². The fourth-order valence-electron chi connectivity index (χ4n) is 7.26. The van der Waals surface area contributed by atoms with Crippen LogP contribution in [0.1, 0.15) is 258 Å². The van der Waals surface area contributed by atoms with Crippen molar-refractivity contribution in [2.24, 2.45) is 0 Å². The molecule has 0 aliphatic carbocycles. The Morgan fingerprint density at radius 3 is 1.02 bits per heavy atom. The lowest BCUT2D eigenvalue weighted by molar-refractivity contribution is -0.167. The molecule has 0 aromatic heterocycles. The number of carbonyl (C=O) groups is 3. The van der Waals surface area contributed by atoms with Crippen molar-refractivity contribution < 1.29 is 28.6 Å². The van der Waals surface area contributed by atoms with Gasteiger partial charge in [0, 0.05) is 19.3 Å². The largest absolute Gasteiger partial charge is 0.462 e. The molecule has 6 nitrogen and oxygen atoms in total. The quantitative estimate of drug-likeness (QED) is 0.0263. The molecule has 348 valence electrons. The standard InChI is InChI=1S/C54H96O6/c1-4-7-10-13-15-17-19-20-21-22-23-24-25-26-27-28-29-30-31-32-33-34-35-37-38-41-44-47-53(56)59-50-51(49-58-52(55)46-43-40-12-9-6-3)60-54(57)48-45-42-39-36-18-16-14-11-8-5-2/h7,10,15,17,20-21,23-24,51H,4-6,8-9,11-14,16,18-19,22,25-50H2,1-3H3/b10-7-,17-15-,21-20-,24-23-. The molecular weight excluding hydrogens is 745 g/mol. The molecule has 1 unspecified atom stereocenters. The van der Waals surface area contributed by atoms with E-state index < -0.39 is 6.10 Å². The third-order valence-corrected chi connectivity index (χ3v) is 11.1. The third kappa shape index (κ3) is 46.4. The Morgan fingerprint density at radius 2 is 0.650 bits per heavy atom. The van der Waals surface area contributed by atoms with E-state index in [2.05, 4.69) is 69.4 Å². The van der Waals surface area contributed by atoms with E-state index in [1.807, 2.05) is 0 Å². The minimum atomic E-state index is -0.763. The summed E-state index contributed by atoms with van der Waals surface area (Å²) in [5.74, 6) is -0.881. The van der Waals surface area contributed by atoms with Gasteiger partial charge < -0.3 is 14.2 Å². The second-order valence-corrected chi connectivity index (χ2v) is 17.1. The molecule has 0 rings (SSSR count). The SMILES string of the molecule is CC/C=C\C/C=C\C/C=C\C/C=C\CCCCCCCCCCCCCCCCC(=O)OCC(COC(=O)CCCCCCC)OC(=O)CCCCCCCCCCCC. The molecule has 0 radical (unpaired) electrons. The number of unbranched alkanes of at least 4 members (excludes halogenated alkanes) is 27. The van der Waals surface area contributed by atoms with Gasteiger partial charge in [-0.25, -0.2) is 0 Å². The highest BCUT2D eigenvalue weighted by molar-refractivity contribution is 5.71. The second-order valence-electron chi connectivity index (χ2n) is 17.1. The van der Waals surface area contributed by atoms with Gasteiger partial charge in [-0.3, -0.25) is 14.4 Å². The highest BCUT2D eigenvalue weighted by Gasteiger charge is 2.19. The third-order valence-electron chi connectivity index (χ3n) is 11.1. The zero-order chi connectivity index (χ0) is 43.7. The number of hydrogen-bond acceptors (Lipinski definition) is 6. The number of carbonyl (C=O) groups excluding carboxylic acids is 3. The minimum absolute atomic E-state index is 0.0704. The molecule has 60 heavy (non-hydrogen) atoms. The predicted octanol–water partition coefficient (Wildman–Crippen LogP) is 16.7. The zero-order valence-corrected chi connectivity index (χ0v) is 39.7. The number of rotatable bonds is 46. The smallest absolute Gasteiger partial charge is 0.306 e. The lowest BCUT2D eigenvalue weighted by Gasteiger charge is -2.18. The van der Waals surface area contributed by atoms with Crippen LogP contribution in [0.5, 0.6) is 0 Å². The number of hydrogen-bond donors (Lipinski definition) is 0. The Labute approximate surface area is 371 Å². The molecule has 0 aliphatic rings. The van der Waals surface area contributed by atoms with Crippen molar-refractivity contribution in [3.8, 4) is 0 Å². The summed E-state index contributed by atoms with van der Waals surface area (Å²) in [6.07, 6.45) is 58.6. The Bertz CT molecular complexity index is 1060. The first-order valence-electron chi connectivity index (χ1n) is 25.6. The Morgan fingerprint density at radius 1 is 0.350 bits per heavy atom. The van der Waals surface area contributed by atoms with Crippen molar-refractivity contribution in [2.75, 3.05) is 13.2 Å². The average Bonchev–Trinajstić information content (AvgIpc) is 3.24. The molecule has 6 heteroatoms. The molecule has 0 saturated heterocycles. The molecule has 1 atom stereocenters. The summed E-state index contributed by atoms with van der Waals surface area (Å²) in [4.78, 5) is 37.5. The summed E-state index contributed by atoms with van der Waals surface area (Å²) in [7, 11) is 0. The number of allylic oxidation sites excluding steroid dienone is 8. The molecule has 0 aliphatic heterocycles. The summed E-state index contributed by atoms with van der Waals surface area (Å²) < 4.78 is 16.6. The van der Waals surface area contributed by atoms with Gasteiger partial charge >= 0.3 is 17.9 Å². The Kier molecular flexibility index (Phi) is 46.9. The lowest BCUT2D eigenvalue weighted by Crippen LogP contribution is -2.30. The van der Waals surface area contributed by atoms with E-state index in [1.54, 1.807) is 0 Å². The molecule has 0 aromatic rings. The topological polar surface area (TPSA) is 78.9 Å². The Hall–Kier alpha value is -2.63. The van der Waals surface area contributed by atoms with Gasteiger partial charge in [-0.1, -0.05) is 230 Å². The van der Waals surface area contributed by atoms with Crippen LogP contribution in [0, 0.1) is 0 Å². The zero-order valence-electron chi connectivity index (χ0n) is 39.7. The van der Waals surface area contributed by atoms with Gasteiger partial charge in [0.15, 0.2) is 6.10 Å². The summed E-state index contributed by atoms with van der Waals surface area (Å²) >= 11 is 0. The van der Waals surface area contributed by atoms with Crippen molar-refractivity contribution >= 4 is 17.9 Å². The van der Waals surface area contributed by atoms with E-state index >= 15 is 0 Å². The first kappa shape index (κ1) is 57.4. The summed E-state index contributed by atoms with van der Waals surface area (Å²) in [5, 5.41) is 0. The maximum absolute atomic E-state index is 12.6. The maximum Gasteiger partial charge on any atom is 0.306 e. The molecule has 0 fully saturated rings. The summed E-state index contributed by atoms with van der Waals surface area (Å²) in [6, 6.07) is 0. The van der Waals surface area contributed by atoms with Crippen LogP contribution in [0.25, 0.3) is 0 Å². The molecule has 0 N–H and O–H groups in total. The fraction of sp³-hybridized carbons (Fsp3) is 0.796. The first-order chi connectivity index (χ1) is 29.5. The van der Waals surface area contributed by atoms with Crippen LogP contribution < -0.4 is 0 Å². The van der Waals surface area contributed by atoms with E-state index in [9.17, 15) is 14.4 Å². The van der Waals surface area contributed by atoms with Crippen LogP contribution in [0.15, 0.2) is 48.6 Å². The predicted molar refractivity (Wildman–Crippen MR) is 256 cm³/mol. The second kappa shape index (κ2) is 49.0. The van der Waals surface area contributed by atoms with Crippen LogP contribution in [-0.4, -0.2) is 37.2 Å². The highest BCUT2D eigenvalue weighted by atomic mass is 16.6. The molecule has 0 aromatic carbocycles. The van der Waals surface area contributed by atoms with Gasteiger partial charge in [-0.15, -0.1) is 0 Å². The average molecular weight is 841 g/mol. The molecule has 0 saturated carbocycles. The van der Waals surface area contributed by atoms with Crippen molar-refractivity contribution in [2.45, 2.75) is 264 Å². The van der Waals surface area contributed by atoms with Crippen molar-refractivity contribution in [1.29, 1.82) is 0 Å². The lowest BCUT2D eigenvalue weighted by atomic mass is 10.0. The van der Waals surface area contributed by atoms with Gasteiger partial charge in [0.25, 0.3) is 0 Å². The normalized spacial score (nSPS) is 12.4. The van der Waals surface area contributed by atoms with Crippen molar-refractivity contribution in [3.63, 3.8) is 0 Å². The molecule has 0 amide bonds.